The second kappa shape index (κ2) is 19.6. The molecule has 1 aromatic heterocycles. The van der Waals surface area contributed by atoms with Gasteiger partial charge >= 0.3 is 6.18 Å². The third kappa shape index (κ3) is 19.3. The van der Waals surface area contributed by atoms with Gasteiger partial charge in [-0.2, -0.15) is 18.2 Å². The minimum Gasteiger partial charge on any atom is -0.473 e. The van der Waals surface area contributed by atoms with Crippen LogP contribution < -0.4 is 4.74 Å². The molecule has 0 fully saturated rings. The summed E-state index contributed by atoms with van der Waals surface area (Å²) in [6, 6.07) is 8.04. The molecular formula is C30H44ClF5N2O. The standard InChI is InChI=1S/C15H12ClF3N2O.C6H10F2.C5H12.C4H10/c1-9(2)11-5-3-10(4-6-11)8-22-13-7-12(15(17,18)19)20-14(16)21-13;1-4-5(2)6(3,7)8;1-4-5(2)3;1-3-4-2/h3-7H,1,8H2,2H3;4H,1-3H3;5H,4H2,1-3H3;3-4H2,1-2H3/b;5-4+;;. The van der Waals surface area contributed by atoms with E-state index < -0.39 is 23.1 Å². The summed E-state index contributed by atoms with van der Waals surface area (Å²) in [5.41, 5.74) is 1.67. The summed E-state index contributed by atoms with van der Waals surface area (Å²) >= 11 is 5.48. The van der Waals surface area contributed by atoms with Gasteiger partial charge in [0.2, 0.25) is 11.2 Å². The Morgan fingerprint density at radius 1 is 1.00 bits per heavy atom. The second-order valence-electron chi connectivity index (χ2n) is 9.29. The molecule has 0 spiro atoms. The van der Waals surface area contributed by atoms with Gasteiger partial charge in [-0.25, -0.2) is 13.8 Å². The monoisotopic (exact) mass is 578 g/mol. The number of alkyl halides is 5. The van der Waals surface area contributed by atoms with Crippen molar-refractivity contribution in [2.75, 3.05) is 0 Å². The van der Waals surface area contributed by atoms with Crippen molar-refractivity contribution >= 4 is 17.2 Å². The van der Waals surface area contributed by atoms with Gasteiger partial charge in [0.15, 0.2) is 5.69 Å². The van der Waals surface area contributed by atoms with Gasteiger partial charge in [0, 0.05) is 13.0 Å². The molecular weight excluding hydrogens is 535 g/mol. The van der Waals surface area contributed by atoms with E-state index in [0.29, 0.717) is 6.07 Å². The molecule has 0 saturated carbocycles. The van der Waals surface area contributed by atoms with Crippen molar-refractivity contribution in [3.05, 3.63) is 70.7 Å². The quantitative estimate of drug-likeness (QED) is 0.186. The molecule has 0 aliphatic carbocycles. The molecule has 2 aromatic rings. The van der Waals surface area contributed by atoms with E-state index >= 15 is 0 Å². The van der Waals surface area contributed by atoms with Gasteiger partial charge in [-0.1, -0.05) is 96.4 Å². The summed E-state index contributed by atoms with van der Waals surface area (Å²) < 4.78 is 67.2. The number of ether oxygens (including phenoxy) is 1. The topological polar surface area (TPSA) is 35.0 Å². The number of benzene rings is 1. The molecule has 0 amide bonds. The van der Waals surface area contributed by atoms with Gasteiger partial charge in [-0.15, -0.1) is 0 Å². The lowest BCUT2D eigenvalue weighted by Gasteiger charge is -2.10. The van der Waals surface area contributed by atoms with Crippen LogP contribution in [-0.4, -0.2) is 15.9 Å². The zero-order chi connectivity index (χ0) is 30.8. The first-order chi connectivity index (χ1) is 17.9. The van der Waals surface area contributed by atoms with E-state index in [1.807, 2.05) is 19.1 Å². The van der Waals surface area contributed by atoms with Crippen molar-refractivity contribution in [3.8, 4) is 5.88 Å². The first kappa shape index (κ1) is 38.7. The Hall–Kier alpha value is -2.48. The largest absolute Gasteiger partial charge is 0.473 e. The lowest BCUT2D eigenvalue weighted by molar-refractivity contribution is -0.141. The van der Waals surface area contributed by atoms with Crippen LogP contribution in [-0.2, 0) is 12.8 Å². The van der Waals surface area contributed by atoms with Crippen molar-refractivity contribution < 1.29 is 26.7 Å². The number of rotatable bonds is 7. The van der Waals surface area contributed by atoms with Gasteiger partial charge in [0.25, 0.3) is 5.92 Å². The summed E-state index contributed by atoms with van der Waals surface area (Å²) in [7, 11) is 0. The molecule has 9 heteroatoms. The van der Waals surface area contributed by atoms with Gasteiger partial charge in [0.1, 0.15) is 6.61 Å². The third-order valence-electron chi connectivity index (χ3n) is 5.24. The summed E-state index contributed by atoms with van der Waals surface area (Å²) in [5, 5.41) is -0.512. The number of unbranched alkanes of at least 4 members (excludes halogenated alkanes) is 1. The smallest absolute Gasteiger partial charge is 0.433 e. The summed E-state index contributed by atoms with van der Waals surface area (Å²) in [6.45, 7) is 20.7. The van der Waals surface area contributed by atoms with E-state index in [-0.39, 0.29) is 18.1 Å². The first-order valence-corrected chi connectivity index (χ1v) is 13.3. The van der Waals surface area contributed by atoms with Crippen LogP contribution in [0, 0.1) is 5.92 Å². The zero-order valence-corrected chi connectivity index (χ0v) is 25.4. The van der Waals surface area contributed by atoms with Crippen molar-refractivity contribution in [2.24, 2.45) is 5.92 Å². The molecule has 1 heterocycles. The van der Waals surface area contributed by atoms with Crippen LogP contribution in [0.2, 0.25) is 5.28 Å². The third-order valence-corrected chi connectivity index (χ3v) is 5.41. The predicted octanol–water partition coefficient (Wildman–Crippen LogP) is 11.2. The Morgan fingerprint density at radius 3 is 1.79 bits per heavy atom. The van der Waals surface area contributed by atoms with Crippen molar-refractivity contribution in [1.29, 1.82) is 0 Å². The Morgan fingerprint density at radius 2 is 1.49 bits per heavy atom. The Kier molecular flexibility index (Phi) is 19.4. The molecule has 1 aromatic carbocycles. The van der Waals surface area contributed by atoms with Crippen LogP contribution in [0.1, 0.15) is 98.4 Å². The Labute approximate surface area is 236 Å². The van der Waals surface area contributed by atoms with Gasteiger partial charge in [-0.3, -0.25) is 0 Å². The van der Waals surface area contributed by atoms with E-state index in [0.717, 1.165) is 29.5 Å². The van der Waals surface area contributed by atoms with E-state index in [9.17, 15) is 22.0 Å². The maximum atomic E-state index is 12.6. The summed E-state index contributed by atoms with van der Waals surface area (Å²) in [5.74, 6) is -1.97. The molecule has 0 bridgehead atoms. The highest BCUT2D eigenvalue weighted by molar-refractivity contribution is 6.28. The first-order valence-electron chi connectivity index (χ1n) is 12.9. The summed E-state index contributed by atoms with van der Waals surface area (Å²) in [4.78, 5) is 6.76. The van der Waals surface area contributed by atoms with Crippen LogP contribution in [0.15, 0.2) is 48.6 Å². The highest BCUT2D eigenvalue weighted by Crippen LogP contribution is 2.30. The minimum absolute atomic E-state index is 0.0705. The fourth-order valence-corrected chi connectivity index (χ4v) is 2.09. The fourth-order valence-electron chi connectivity index (χ4n) is 1.91. The van der Waals surface area contributed by atoms with E-state index in [1.54, 1.807) is 19.1 Å². The van der Waals surface area contributed by atoms with Crippen LogP contribution in [0.4, 0.5) is 22.0 Å². The SMILES string of the molecule is C/C=C(\C)C(C)(F)F.C=C(C)c1ccc(COc2cc(C(F)(F)F)nc(Cl)n2)cc1.CCC(C)C.CCCC. The lowest BCUT2D eigenvalue weighted by atomic mass is 10.1. The lowest BCUT2D eigenvalue weighted by Crippen LogP contribution is -2.10. The molecule has 222 valence electrons. The minimum atomic E-state index is -4.60. The number of halogens is 6. The molecule has 0 saturated heterocycles. The average Bonchev–Trinajstić information content (AvgIpc) is 2.86. The number of aromatic nitrogens is 2. The van der Waals surface area contributed by atoms with Crippen molar-refractivity contribution in [2.45, 2.75) is 100 Å². The molecule has 2 rings (SSSR count). The molecule has 39 heavy (non-hydrogen) atoms. The molecule has 0 unspecified atom stereocenters. The zero-order valence-electron chi connectivity index (χ0n) is 24.6. The molecule has 0 N–H and O–H groups in total. The van der Waals surface area contributed by atoms with Crippen LogP contribution in [0.25, 0.3) is 5.57 Å². The Bertz CT molecular complexity index is 980. The maximum Gasteiger partial charge on any atom is 0.433 e. The second-order valence-corrected chi connectivity index (χ2v) is 9.62. The molecule has 3 nitrogen and oxygen atoms in total. The van der Waals surface area contributed by atoms with Gasteiger partial charge in [0.05, 0.1) is 0 Å². The highest BCUT2D eigenvalue weighted by Gasteiger charge is 2.33. The van der Waals surface area contributed by atoms with Crippen LogP contribution in [0.3, 0.4) is 0 Å². The van der Waals surface area contributed by atoms with Crippen LogP contribution >= 0.6 is 11.6 Å². The highest BCUT2D eigenvalue weighted by atomic mass is 35.5. The van der Waals surface area contributed by atoms with E-state index in [1.165, 1.54) is 32.3 Å². The molecule has 0 atom stereocenters. The Balaban J connectivity index is 0. The van der Waals surface area contributed by atoms with Crippen molar-refractivity contribution in [3.63, 3.8) is 0 Å². The number of hydrogen-bond acceptors (Lipinski definition) is 3. The van der Waals surface area contributed by atoms with Gasteiger partial charge < -0.3 is 4.74 Å². The van der Waals surface area contributed by atoms with Gasteiger partial charge in [-0.05, 0) is 55.0 Å². The molecule has 0 aliphatic rings. The average molecular weight is 579 g/mol. The molecule has 0 radical (unpaired) electrons. The molecule has 0 aliphatic heterocycles. The normalized spacial score (nSPS) is 11.3. The number of allylic oxidation sites excluding steroid dienone is 3. The predicted molar refractivity (Wildman–Crippen MR) is 153 cm³/mol. The van der Waals surface area contributed by atoms with Crippen molar-refractivity contribution in [1.82, 2.24) is 9.97 Å². The van der Waals surface area contributed by atoms with Crippen LogP contribution in [0.5, 0.6) is 5.88 Å². The number of hydrogen-bond donors (Lipinski definition) is 0. The fraction of sp³-hybridized carbons (Fsp3) is 0.533. The van der Waals surface area contributed by atoms with E-state index in [2.05, 4.69) is 51.2 Å². The van der Waals surface area contributed by atoms with E-state index in [4.69, 9.17) is 16.3 Å². The summed E-state index contributed by atoms with van der Waals surface area (Å²) in [6.07, 6.45) is 0.758. The number of nitrogens with zero attached hydrogens (tertiary/aromatic N) is 2. The maximum absolute atomic E-state index is 12.6.